The number of aryl methyl sites for hydroxylation is 1. The summed E-state index contributed by atoms with van der Waals surface area (Å²) < 4.78 is 1.72. The average molecular weight is 266 g/mol. The predicted octanol–water partition coefficient (Wildman–Crippen LogP) is 0.836. The first-order valence-corrected chi connectivity index (χ1v) is 5.77. The van der Waals surface area contributed by atoms with Crippen LogP contribution in [0.2, 0.25) is 5.15 Å². The van der Waals surface area contributed by atoms with Crippen LogP contribution in [-0.2, 0) is 13.5 Å². The van der Waals surface area contributed by atoms with Crippen molar-refractivity contribution >= 4 is 17.5 Å². The van der Waals surface area contributed by atoms with Gasteiger partial charge in [0.25, 0.3) is 5.91 Å². The van der Waals surface area contributed by atoms with Gasteiger partial charge in [0.1, 0.15) is 10.8 Å². The minimum Gasteiger partial charge on any atom is -0.350 e. The quantitative estimate of drug-likeness (QED) is 0.889. The highest BCUT2D eigenvalue weighted by molar-refractivity contribution is 6.29. The van der Waals surface area contributed by atoms with E-state index in [1.807, 2.05) is 19.3 Å². The first-order valence-electron chi connectivity index (χ1n) is 5.39. The van der Waals surface area contributed by atoms with Crippen LogP contribution in [0.25, 0.3) is 0 Å². The number of aromatic nitrogens is 4. The third kappa shape index (κ3) is 3.27. The Labute approximate surface area is 109 Å². The van der Waals surface area contributed by atoms with Gasteiger partial charge in [-0.1, -0.05) is 11.6 Å². The van der Waals surface area contributed by atoms with E-state index < -0.39 is 0 Å². The minimum absolute atomic E-state index is 0.250. The second-order valence-corrected chi connectivity index (χ2v) is 4.10. The topological polar surface area (TPSA) is 72.7 Å². The Kier molecular flexibility index (Phi) is 3.88. The number of nitrogens with zero attached hydrogens (tertiary/aromatic N) is 4. The van der Waals surface area contributed by atoms with E-state index in [2.05, 4.69) is 20.4 Å². The maximum atomic E-state index is 11.7. The third-order valence-electron chi connectivity index (χ3n) is 2.29. The molecule has 0 aliphatic rings. The summed E-state index contributed by atoms with van der Waals surface area (Å²) in [6.07, 6.45) is 5.23. The van der Waals surface area contributed by atoms with Crippen LogP contribution in [0.1, 0.15) is 16.2 Å². The molecule has 0 atom stereocenters. The molecule has 0 unspecified atom stereocenters. The van der Waals surface area contributed by atoms with Crippen LogP contribution in [0.15, 0.2) is 24.7 Å². The molecule has 2 aromatic rings. The first-order chi connectivity index (χ1) is 8.65. The number of hydrogen-bond acceptors (Lipinski definition) is 4. The Morgan fingerprint density at radius 3 is 2.89 bits per heavy atom. The Balaban J connectivity index is 1.83. The number of carbonyl (C=O) groups is 1. The van der Waals surface area contributed by atoms with Gasteiger partial charge in [-0.3, -0.25) is 9.48 Å². The van der Waals surface area contributed by atoms with Crippen LogP contribution in [0.3, 0.4) is 0 Å². The van der Waals surface area contributed by atoms with Gasteiger partial charge in [0.05, 0.1) is 18.1 Å². The lowest BCUT2D eigenvalue weighted by Crippen LogP contribution is -2.26. The molecule has 0 saturated heterocycles. The molecule has 2 rings (SSSR count). The number of halogens is 1. The predicted molar refractivity (Wildman–Crippen MR) is 66.3 cm³/mol. The van der Waals surface area contributed by atoms with Gasteiger partial charge < -0.3 is 5.32 Å². The lowest BCUT2D eigenvalue weighted by molar-refractivity contribution is 0.0948. The minimum atomic E-state index is -0.268. The van der Waals surface area contributed by atoms with Gasteiger partial charge in [0.2, 0.25) is 0 Å². The highest BCUT2D eigenvalue weighted by Crippen LogP contribution is 2.01. The Hall–Kier alpha value is -1.95. The van der Waals surface area contributed by atoms with Crippen LogP contribution in [0.5, 0.6) is 0 Å². The molecule has 0 aromatic carbocycles. The Morgan fingerprint density at radius 2 is 2.28 bits per heavy atom. The van der Waals surface area contributed by atoms with Crippen molar-refractivity contribution in [3.8, 4) is 0 Å². The average Bonchev–Trinajstić information content (AvgIpc) is 2.76. The summed E-state index contributed by atoms with van der Waals surface area (Å²) in [5.41, 5.74) is 1.18. The smallest absolute Gasteiger partial charge is 0.271 e. The van der Waals surface area contributed by atoms with E-state index >= 15 is 0 Å². The van der Waals surface area contributed by atoms with Crippen molar-refractivity contribution in [2.24, 2.45) is 7.05 Å². The monoisotopic (exact) mass is 265 g/mol. The second kappa shape index (κ2) is 5.59. The van der Waals surface area contributed by atoms with Gasteiger partial charge in [-0.25, -0.2) is 9.97 Å². The zero-order valence-corrected chi connectivity index (χ0v) is 10.6. The van der Waals surface area contributed by atoms with Crippen molar-refractivity contribution in [3.63, 3.8) is 0 Å². The normalized spacial score (nSPS) is 10.3. The van der Waals surface area contributed by atoms with E-state index in [4.69, 9.17) is 11.6 Å². The molecule has 18 heavy (non-hydrogen) atoms. The largest absolute Gasteiger partial charge is 0.350 e. The van der Waals surface area contributed by atoms with Crippen LogP contribution in [-0.4, -0.2) is 32.2 Å². The fraction of sp³-hybridized carbons (Fsp3) is 0.273. The number of amides is 1. The molecule has 2 heterocycles. The van der Waals surface area contributed by atoms with Crippen LogP contribution in [0.4, 0.5) is 0 Å². The number of hydrogen-bond donors (Lipinski definition) is 1. The fourth-order valence-electron chi connectivity index (χ4n) is 1.42. The summed E-state index contributed by atoms with van der Waals surface area (Å²) in [4.78, 5) is 19.3. The highest BCUT2D eigenvalue weighted by Gasteiger charge is 2.07. The fourth-order valence-corrected chi connectivity index (χ4v) is 1.52. The van der Waals surface area contributed by atoms with Crippen LogP contribution >= 0.6 is 11.6 Å². The summed E-state index contributed by atoms with van der Waals surface area (Å²) in [5.74, 6) is -0.268. The molecular formula is C11H12ClN5O. The SMILES string of the molecule is Cn1ccc(CCNC(=O)c2cnc(Cl)cn2)n1. The Morgan fingerprint density at radius 1 is 1.44 bits per heavy atom. The molecule has 1 N–H and O–H groups in total. The molecule has 94 valence electrons. The molecule has 0 aliphatic carbocycles. The number of rotatable bonds is 4. The van der Waals surface area contributed by atoms with E-state index in [1.165, 1.54) is 12.4 Å². The first kappa shape index (κ1) is 12.5. The van der Waals surface area contributed by atoms with Gasteiger partial charge in [0.15, 0.2) is 0 Å². The van der Waals surface area contributed by atoms with Gasteiger partial charge in [0, 0.05) is 26.2 Å². The molecule has 0 spiro atoms. The molecule has 0 saturated carbocycles. The number of nitrogens with one attached hydrogen (secondary N) is 1. The van der Waals surface area contributed by atoms with Crippen molar-refractivity contribution in [2.45, 2.75) is 6.42 Å². The third-order valence-corrected chi connectivity index (χ3v) is 2.48. The molecule has 2 aromatic heterocycles. The van der Waals surface area contributed by atoms with E-state index in [0.29, 0.717) is 13.0 Å². The molecule has 0 fully saturated rings. The lowest BCUT2D eigenvalue weighted by atomic mass is 10.3. The van der Waals surface area contributed by atoms with Crippen molar-refractivity contribution in [3.05, 3.63) is 41.2 Å². The van der Waals surface area contributed by atoms with Crippen molar-refractivity contribution in [1.82, 2.24) is 25.1 Å². The van der Waals surface area contributed by atoms with E-state index in [0.717, 1.165) is 5.69 Å². The zero-order valence-electron chi connectivity index (χ0n) is 9.80. The van der Waals surface area contributed by atoms with Crippen LogP contribution in [0, 0.1) is 0 Å². The van der Waals surface area contributed by atoms with Crippen molar-refractivity contribution < 1.29 is 4.79 Å². The zero-order chi connectivity index (χ0) is 13.0. The lowest BCUT2D eigenvalue weighted by Gasteiger charge is -2.02. The summed E-state index contributed by atoms with van der Waals surface area (Å²) >= 11 is 5.59. The summed E-state index contributed by atoms with van der Waals surface area (Å²) in [7, 11) is 1.85. The van der Waals surface area contributed by atoms with E-state index in [-0.39, 0.29) is 16.8 Å². The molecule has 7 heteroatoms. The van der Waals surface area contributed by atoms with E-state index in [1.54, 1.807) is 4.68 Å². The van der Waals surface area contributed by atoms with E-state index in [9.17, 15) is 4.79 Å². The highest BCUT2D eigenvalue weighted by atomic mass is 35.5. The molecule has 0 bridgehead atoms. The van der Waals surface area contributed by atoms with Crippen molar-refractivity contribution in [1.29, 1.82) is 0 Å². The molecular weight excluding hydrogens is 254 g/mol. The second-order valence-electron chi connectivity index (χ2n) is 3.71. The maximum Gasteiger partial charge on any atom is 0.271 e. The van der Waals surface area contributed by atoms with Gasteiger partial charge in [-0.05, 0) is 6.07 Å². The summed E-state index contributed by atoms with van der Waals surface area (Å²) in [5, 5.41) is 7.22. The standard InChI is InChI=1S/C11H12ClN5O/c1-17-5-3-8(16-17)2-4-13-11(18)9-6-15-10(12)7-14-9/h3,5-7H,2,4H2,1H3,(H,13,18). The summed E-state index contributed by atoms with van der Waals surface area (Å²) in [6, 6.07) is 1.91. The van der Waals surface area contributed by atoms with Gasteiger partial charge in [-0.15, -0.1) is 0 Å². The number of carbonyl (C=O) groups excluding carboxylic acids is 1. The van der Waals surface area contributed by atoms with Crippen molar-refractivity contribution in [2.75, 3.05) is 6.54 Å². The molecule has 0 aliphatic heterocycles. The summed E-state index contributed by atoms with van der Waals surface area (Å²) in [6.45, 7) is 0.500. The molecule has 6 nitrogen and oxygen atoms in total. The van der Waals surface area contributed by atoms with Crippen LogP contribution < -0.4 is 5.32 Å². The van der Waals surface area contributed by atoms with Gasteiger partial charge in [-0.2, -0.15) is 5.10 Å². The molecule has 1 amide bonds. The van der Waals surface area contributed by atoms with Gasteiger partial charge >= 0.3 is 0 Å². The Bertz CT molecular complexity index is 537. The maximum absolute atomic E-state index is 11.7. The molecule has 0 radical (unpaired) electrons.